The van der Waals surface area contributed by atoms with Gasteiger partial charge in [0.1, 0.15) is 11.4 Å². The second-order valence-corrected chi connectivity index (χ2v) is 9.60. The van der Waals surface area contributed by atoms with Crippen LogP contribution >= 0.6 is 0 Å². The van der Waals surface area contributed by atoms with Gasteiger partial charge >= 0.3 is 0 Å². The molecule has 0 spiro atoms. The third-order valence-electron chi connectivity index (χ3n) is 5.87. The lowest BCUT2D eigenvalue weighted by molar-refractivity contribution is -0.117. The van der Waals surface area contributed by atoms with Crippen LogP contribution in [0.4, 0.5) is 5.69 Å². The minimum absolute atomic E-state index is 0.0903. The first-order valence-corrected chi connectivity index (χ1v) is 11.5. The number of carbonyl (C=O) groups excluding carboxylic acids is 1. The maximum absolute atomic E-state index is 12.3. The molecule has 0 fully saturated rings. The van der Waals surface area contributed by atoms with Gasteiger partial charge in [-0.1, -0.05) is 13.0 Å². The van der Waals surface area contributed by atoms with Crippen LogP contribution in [0, 0.1) is 0 Å². The molecule has 31 heavy (non-hydrogen) atoms. The summed E-state index contributed by atoms with van der Waals surface area (Å²) in [6.45, 7) is 18.4. The SMILES string of the molecule is C=C(OC(C)(C)C)N1CC=C(c2ccc3c(c2OCCC)CCC(C)N3C(C)=O)CC1. The molecule has 5 heteroatoms. The topological polar surface area (TPSA) is 42.0 Å². The molecule has 1 atom stereocenters. The first-order chi connectivity index (χ1) is 14.6. The molecular formula is C26H38N2O3. The lowest BCUT2D eigenvalue weighted by Gasteiger charge is -2.37. The van der Waals surface area contributed by atoms with Crippen LogP contribution < -0.4 is 9.64 Å². The van der Waals surface area contributed by atoms with Crippen molar-refractivity contribution in [2.75, 3.05) is 24.6 Å². The maximum atomic E-state index is 12.3. The van der Waals surface area contributed by atoms with Crippen LogP contribution in [0.2, 0.25) is 0 Å². The van der Waals surface area contributed by atoms with Gasteiger partial charge < -0.3 is 19.3 Å². The van der Waals surface area contributed by atoms with E-state index in [9.17, 15) is 4.79 Å². The first-order valence-electron chi connectivity index (χ1n) is 11.5. The average Bonchev–Trinajstić information content (AvgIpc) is 2.70. The van der Waals surface area contributed by atoms with E-state index in [0.29, 0.717) is 6.61 Å². The summed E-state index contributed by atoms with van der Waals surface area (Å²) >= 11 is 0. The van der Waals surface area contributed by atoms with Gasteiger partial charge in [-0.3, -0.25) is 4.79 Å². The maximum Gasteiger partial charge on any atom is 0.224 e. The number of hydrogen-bond acceptors (Lipinski definition) is 4. The Balaban J connectivity index is 1.91. The van der Waals surface area contributed by atoms with Gasteiger partial charge in [-0.05, 0) is 77.7 Å². The fourth-order valence-corrected chi connectivity index (χ4v) is 4.46. The Hall–Kier alpha value is -2.43. The summed E-state index contributed by atoms with van der Waals surface area (Å²) in [5.74, 6) is 1.77. The molecule has 0 N–H and O–H groups in total. The zero-order valence-electron chi connectivity index (χ0n) is 20.1. The molecule has 2 heterocycles. The van der Waals surface area contributed by atoms with Crippen molar-refractivity contribution >= 4 is 17.2 Å². The highest BCUT2D eigenvalue weighted by Gasteiger charge is 2.30. The van der Waals surface area contributed by atoms with Crippen molar-refractivity contribution in [3.05, 3.63) is 41.8 Å². The van der Waals surface area contributed by atoms with E-state index >= 15 is 0 Å². The molecule has 1 aromatic rings. The summed E-state index contributed by atoms with van der Waals surface area (Å²) in [5.41, 5.74) is 4.38. The van der Waals surface area contributed by atoms with Crippen molar-refractivity contribution in [1.82, 2.24) is 4.90 Å². The van der Waals surface area contributed by atoms with Crippen molar-refractivity contribution in [2.45, 2.75) is 78.9 Å². The molecule has 0 aliphatic carbocycles. The summed E-state index contributed by atoms with van der Waals surface area (Å²) in [5, 5.41) is 0. The lowest BCUT2D eigenvalue weighted by atomic mass is 9.90. The first kappa shape index (κ1) is 23.2. The van der Waals surface area contributed by atoms with Crippen LogP contribution in [0.25, 0.3) is 5.57 Å². The number of amides is 1. The van der Waals surface area contributed by atoms with Gasteiger partial charge in [-0.15, -0.1) is 0 Å². The molecule has 0 aromatic heterocycles. The van der Waals surface area contributed by atoms with Gasteiger partial charge in [0.15, 0.2) is 5.88 Å². The normalized spacial score (nSPS) is 18.9. The highest BCUT2D eigenvalue weighted by molar-refractivity contribution is 5.94. The second-order valence-electron chi connectivity index (χ2n) is 9.60. The van der Waals surface area contributed by atoms with Crippen molar-refractivity contribution < 1.29 is 14.3 Å². The molecular weight excluding hydrogens is 388 g/mol. The van der Waals surface area contributed by atoms with Gasteiger partial charge in [0.05, 0.1) is 12.3 Å². The van der Waals surface area contributed by atoms with Crippen LogP contribution in [-0.2, 0) is 16.0 Å². The van der Waals surface area contributed by atoms with Gasteiger partial charge in [0.2, 0.25) is 5.91 Å². The van der Waals surface area contributed by atoms with E-state index in [4.69, 9.17) is 9.47 Å². The molecule has 1 aromatic carbocycles. The van der Waals surface area contributed by atoms with Crippen LogP contribution in [0.15, 0.2) is 30.7 Å². The highest BCUT2D eigenvalue weighted by atomic mass is 16.5. The summed E-state index contributed by atoms with van der Waals surface area (Å²) in [4.78, 5) is 16.4. The molecule has 3 rings (SSSR count). The predicted molar refractivity (Wildman–Crippen MR) is 127 cm³/mol. The second kappa shape index (κ2) is 9.37. The van der Waals surface area contributed by atoms with Crippen LogP contribution in [-0.4, -0.2) is 42.1 Å². The minimum atomic E-state index is -0.250. The predicted octanol–water partition coefficient (Wildman–Crippen LogP) is 5.54. The standard InChI is InChI=1S/C26H38N2O3/c1-8-17-30-25-22(11-12-24-23(25)10-9-18(2)28(24)19(3)29)21-13-15-27(16-14-21)20(4)31-26(5,6)7/h11-13,18H,4,8-10,14-17H2,1-3,5-7H3. The lowest BCUT2D eigenvalue weighted by Crippen LogP contribution is -2.41. The van der Waals surface area contributed by atoms with E-state index in [-0.39, 0.29) is 17.6 Å². The molecule has 5 nitrogen and oxygen atoms in total. The quantitative estimate of drug-likeness (QED) is 0.560. The third-order valence-corrected chi connectivity index (χ3v) is 5.87. The molecule has 2 aliphatic heterocycles. The fraction of sp³-hybridized carbons (Fsp3) is 0.577. The number of nitrogens with zero attached hydrogens (tertiary/aromatic N) is 2. The number of hydrogen-bond donors (Lipinski definition) is 0. The Kier molecular flexibility index (Phi) is 7.03. The van der Waals surface area contributed by atoms with Crippen molar-refractivity contribution in [3.8, 4) is 5.75 Å². The Morgan fingerprint density at radius 2 is 2.00 bits per heavy atom. The Labute approximate surface area is 187 Å². The number of anilines is 1. The van der Waals surface area contributed by atoms with Crippen LogP contribution in [0.5, 0.6) is 5.75 Å². The molecule has 170 valence electrons. The van der Waals surface area contributed by atoms with Gasteiger partial charge in [0, 0.05) is 37.2 Å². The summed E-state index contributed by atoms with van der Waals surface area (Å²) in [6.07, 6.45) is 6.00. The van der Waals surface area contributed by atoms with Crippen molar-refractivity contribution in [2.24, 2.45) is 0 Å². The van der Waals surface area contributed by atoms with E-state index in [1.807, 2.05) is 25.7 Å². The van der Waals surface area contributed by atoms with Gasteiger partial charge in [-0.2, -0.15) is 0 Å². The number of ether oxygens (including phenoxy) is 2. The van der Waals surface area contributed by atoms with E-state index in [1.54, 1.807) is 6.92 Å². The zero-order chi connectivity index (χ0) is 22.8. The Morgan fingerprint density at radius 1 is 1.26 bits per heavy atom. The zero-order valence-corrected chi connectivity index (χ0v) is 20.1. The van der Waals surface area contributed by atoms with Crippen molar-refractivity contribution in [1.29, 1.82) is 0 Å². The van der Waals surface area contributed by atoms with E-state index in [2.05, 4.69) is 43.5 Å². The minimum Gasteiger partial charge on any atom is -0.493 e. The smallest absolute Gasteiger partial charge is 0.224 e. The highest BCUT2D eigenvalue weighted by Crippen LogP contribution is 2.42. The number of benzene rings is 1. The molecule has 2 aliphatic rings. The van der Waals surface area contributed by atoms with Crippen molar-refractivity contribution in [3.63, 3.8) is 0 Å². The molecule has 0 saturated carbocycles. The van der Waals surface area contributed by atoms with E-state index < -0.39 is 0 Å². The summed E-state index contributed by atoms with van der Waals surface area (Å²) in [7, 11) is 0. The van der Waals surface area contributed by atoms with Gasteiger partial charge in [0.25, 0.3) is 0 Å². The molecule has 1 amide bonds. The third kappa shape index (κ3) is 5.25. The summed E-state index contributed by atoms with van der Waals surface area (Å²) in [6, 6.07) is 4.46. The Morgan fingerprint density at radius 3 is 2.58 bits per heavy atom. The van der Waals surface area contributed by atoms with E-state index in [0.717, 1.165) is 61.7 Å². The van der Waals surface area contributed by atoms with Crippen LogP contribution in [0.1, 0.15) is 71.9 Å². The monoisotopic (exact) mass is 426 g/mol. The van der Waals surface area contributed by atoms with Gasteiger partial charge in [-0.25, -0.2) is 0 Å². The summed E-state index contributed by atoms with van der Waals surface area (Å²) < 4.78 is 12.3. The molecule has 1 unspecified atom stereocenters. The number of carbonyl (C=O) groups is 1. The van der Waals surface area contributed by atoms with Crippen LogP contribution in [0.3, 0.4) is 0 Å². The molecule has 0 bridgehead atoms. The average molecular weight is 427 g/mol. The number of rotatable bonds is 6. The number of fused-ring (bicyclic) bond motifs is 1. The Bertz CT molecular complexity index is 866. The largest absolute Gasteiger partial charge is 0.493 e. The fourth-order valence-electron chi connectivity index (χ4n) is 4.46. The van der Waals surface area contributed by atoms with E-state index in [1.165, 1.54) is 11.1 Å². The molecule has 0 radical (unpaired) electrons. The molecule has 0 saturated heterocycles.